The highest BCUT2D eigenvalue weighted by Crippen LogP contribution is 2.25. The average molecular weight is 290 g/mol. The lowest BCUT2D eigenvalue weighted by atomic mass is 10.0. The molecule has 0 N–H and O–H groups in total. The van der Waals surface area contributed by atoms with Crippen molar-refractivity contribution in [3.63, 3.8) is 0 Å². The summed E-state index contributed by atoms with van der Waals surface area (Å²) in [5, 5.41) is 1.73. The molecule has 0 aliphatic heterocycles. The second kappa shape index (κ2) is 6.05. The molecular weight excluding hydrogens is 272 g/mol. The molecule has 0 unspecified atom stereocenters. The van der Waals surface area contributed by atoms with Crippen LogP contribution in [0.4, 0.5) is 0 Å². The molecule has 0 aromatic heterocycles. The molecule has 0 amide bonds. The zero-order valence-corrected chi connectivity index (χ0v) is 12.7. The van der Waals surface area contributed by atoms with Crippen molar-refractivity contribution in [2.24, 2.45) is 0 Å². The molecule has 2 nitrogen and oxygen atoms in total. The maximum Gasteiger partial charge on any atom is 0.339 e. The number of rotatable bonds is 4. The number of hydrogen-bond acceptors (Lipinski definition) is 2. The van der Waals surface area contributed by atoms with Crippen LogP contribution in [0.3, 0.4) is 0 Å². The summed E-state index contributed by atoms with van der Waals surface area (Å²) in [6.07, 6.45) is 3.96. The lowest BCUT2D eigenvalue weighted by molar-refractivity contribution is 0.0498. The molecule has 3 rings (SSSR count). The molecular formula is C20H18O2. The Balaban J connectivity index is 2.09. The lowest BCUT2D eigenvalue weighted by Crippen LogP contribution is -2.31. The van der Waals surface area contributed by atoms with Crippen molar-refractivity contribution in [2.75, 3.05) is 6.61 Å². The second-order valence-electron chi connectivity index (χ2n) is 5.35. The van der Waals surface area contributed by atoms with E-state index in [1.807, 2.05) is 24.3 Å². The third kappa shape index (κ3) is 2.38. The molecule has 2 aromatic rings. The van der Waals surface area contributed by atoms with Gasteiger partial charge in [0.25, 0.3) is 0 Å². The van der Waals surface area contributed by atoms with E-state index in [1.54, 1.807) is 0 Å². The van der Waals surface area contributed by atoms with Crippen LogP contribution in [0.1, 0.15) is 35.7 Å². The minimum absolute atomic E-state index is 0.299. The van der Waals surface area contributed by atoms with Crippen LogP contribution in [0.15, 0.2) is 43.0 Å². The van der Waals surface area contributed by atoms with Crippen molar-refractivity contribution in [1.82, 2.24) is 0 Å². The standard InChI is InChI=1S/C20H18O2/c1-3-5-12-22-20(21)18-11-10-17-16-9-7-6-8-14(16)13-19(17)15(18)4-2/h6-11,13H,2-3,5,12H2,1H3. The Kier molecular flexibility index (Phi) is 3.95. The Morgan fingerprint density at radius 3 is 2.77 bits per heavy atom. The number of esters is 1. The summed E-state index contributed by atoms with van der Waals surface area (Å²) in [5.74, 6) is -0.299. The third-order valence-corrected chi connectivity index (χ3v) is 3.92. The van der Waals surface area contributed by atoms with Gasteiger partial charge in [-0.1, -0.05) is 50.3 Å². The molecule has 0 bridgehead atoms. The van der Waals surface area contributed by atoms with Crippen molar-refractivity contribution in [3.8, 4) is 11.1 Å². The second-order valence-corrected chi connectivity index (χ2v) is 5.35. The van der Waals surface area contributed by atoms with Crippen LogP contribution in [0.25, 0.3) is 22.9 Å². The van der Waals surface area contributed by atoms with Gasteiger partial charge in [0.15, 0.2) is 0 Å². The van der Waals surface area contributed by atoms with Gasteiger partial charge in [0.1, 0.15) is 0 Å². The predicted octanol–water partition coefficient (Wildman–Crippen LogP) is 3.02. The van der Waals surface area contributed by atoms with Crippen LogP contribution in [0.5, 0.6) is 0 Å². The fraction of sp³-hybridized carbons (Fsp3) is 0.200. The van der Waals surface area contributed by atoms with E-state index in [4.69, 9.17) is 4.74 Å². The number of hydrogen-bond donors (Lipinski definition) is 0. The molecule has 0 fully saturated rings. The van der Waals surface area contributed by atoms with Crippen LogP contribution >= 0.6 is 0 Å². The number of fused-ring (bicyclic) bond motifs is 3. The zero-order valence-electron chi connectivity index (χ0n) is 12.7. The highest BCUT2D eigenvalue weighted by molar-refractivity contribution is 5.92. The average Bonchev–Trinajstić information content (AvgIpc) is 2.92. The Labute approximate surface area is 130 Å². The first kappa shape index (κ1) is 14.4. The molecule has 0 atom stereocenters. The van der Waals surface area contributed by atoms with Crippen molar-refractivity contribution in [2.45, 2.75) is 19.8 Å². The van der Waals surface area contributed by atoms with Crippen LogP contribution in [0, 0.1) is 0 Å². The van der Waals surface area contributed by atoms with Gasteiger partial charge < -0.3 is 4.74 Å². The quantitative estimate of drug-likeness (QED) is 0.545. The van der Waals surface area contributed by atoms with E-state index in [1.165, 1.54) is 5.56 Å². The van der Waals surface area contributed by atoms with E-state index in [0.29, 0.717) is 12.2 Å². The SMILES string of the molecule is C=C=c1c(C(=O)OCCCC)ccc2c1=Cc1ccccc1-2. The van der Waals surface area contributed by atoms with Crippen LogP contribution in [-0.4, -0.2) is 12.6 Å². The largest absolute Gasteiger partial charge is 0.462 e. The molecule has 0 saturated heterocycles. The van der Waals surface area contributed by atoms with E-state index in [-0.39, 0.29) is 5.97 Å². The minimum Gasteiger partial charge on any atom is -0.462 e. The van der Waals surface area contributed by atoms with Gasteiger partial charge in [-0.3, -0.25) is 0 Å². The van der Waals surface area contributed by atoms with E-state index in [0.717, 1.165) is 34.4 Å². The molecule has 0 spiro atoms. The molecule has 2 aromatic carbocycles. The lowest BCUT2D eigenvalue weighted by Gasteiger charge is -2.06. The Morgan fingerprint density at radius 1 is 1.18 bits per heavy atom. The van der Waals surface area contributed by atoms with Crippen molar-refractivity contribution in [3.05, 3.63) is 64.5 Å². The topological polar surface area (TPSA) is 26.3 Å². The molecule has 1 aliphatic carbocycles. The highest BCUT2D eigenvalue weighted by atomic mass is 16.5. The van der Waals surface area contributed by atoms with E-state index in [2.05, 4.69) is 37.4 Å². The maximum absolute atomic E-state index is 12.3. The van der Waals surface area contributed by atoms with Crippen LogP contribution in [-0.2, 0) is 4.74 Å². The highest BCUT2D eigenvalue weighted by Gasteiger charge is 2.16. The number of unbranched alkanes of at least 4 members (excludes halogenated alkanes) is 1. The first-order valence-corrected chi connectivity index (χ1v) is 7.57. The minimum atomic E-state index is -0.299. The molecule has 0 saturated carbocycles. The number of carbonyl (C=O) groups excluding carboxylic acids is 1. The summed E-state index contributed by atoms with van der Waals surface area (Å²) in [6, 6.07) is 12.0. The molecule has 22 heavy (non-hydrogen) atoms. The summed E-state index contributed by atoms with van der Waals surface area (Å²) < 4.78 is 5.33. The van der Waals surface area contributed by atoms with Gasteiger partial charge in [-0.2, -0.15) is 0 Å². The van der Waals surface area contributed by atoms with E-state index < -0.39 is 0 Å². The fourth-order valence-corrected chi connectivity index (χ4v) is 2.78. The molecule has 0 heterocycles. The number of benzene rings is 2. The monoisotopic (exact) mass is 290 g/mol. The fourth-order valence-electron chi connectivity index (χ4n) is 2.78. The predicted molar refractivity (Wildman–Crippen MR) is 88.9 cm³/mol. The smallest absolute Gasteiger partial charge is 0.339 e. The van der Waals surface area contributed by atoms with Gasteiger partial charge in [-0.15, -0.1) is 5.73 Å². The summed E-state index contributed by atoms with van der Waals surface area (Å²) in [6.45, 7) is 6.28. The van der Waals surface area contributed by atoms with Gasteiger partial charge in [0.05, 0.1) is 12.2 Å². The van der Waals surface area contributed by atoms with Crippen molar-refractivity contribution < 1.29 is 9.53 Å². The van der Waals surface area contributed by atoms with Crippen LogP contribution < -0.4 is 10.4 Å². The molecule has 110 valence electrons. The number of ether oxygens (including phenoxy) is 1. The van der Waals surface area contributed by atoms with Gasteiger partial charge in [-0.05, 0) is 40.5 Å². The molecule has 0 radical (unpaired) electrons. The van der Waals surface area contributed by atoms with E-state index >= 15 is 0 Å². The Hall–Kier alpha value is -2.57. The third-order valence-electron chi connectivity index (χ3n) is 3.92. The molecule has 2 heteroatoms. The summed E-state index contributed by atoms with van der Waals surface area (Å²) in [7, 11) is 0. The van der Waals surface area contributed by atoms with Gasteiger partial charge in [0.2, 0.25) is 0 Å². The van der Waals surface area contributed by atoms with Crippen molar-refractivity contribution >= 4 is 17.8 Å². The zero-order chi connectivity index (χ0) is 15.5. The first-order valence-electron chi connectivity index (χ1n) is 7.57. The van der Waals surface area contributed by atoms with Gasteiger partial charge in [-0.25, -0.2) is 4.79 Å². The van der Waals surface area contributed by atoms with Crippen molar-refractivity contribution in [1.29, 1.82) is 0 Å². The first-order chi connectivity index (χ1) is 10.8. The normalized spacial score (nSPS) is 11.1. The summed E-state index contributed by atoms with van der Waals surface area (Å²) >= 11 is 0. The Morgan fingerprint density at radius 2 is 2.00 bits per heavy atom. The number of carbonyl (C=O) groups is 1. The Bertz CT molecular complexity index is 871. The van der Waals surface area contributed by atoms with E-state index in [9.17, 15) is 4.79 Å². The molecule has 1 aliphatic rings. The summed E-state index contributed by atoms with van der Waals surface area (Å²) in [4.78, 5) is 12.3. The van der Waals surface area contributed by atoms with Gasteiger partial charge >= 0.3 is 5.97 Å². The maximum atomic E-state index is 12.3. The van der Waals surface area contributed by atoms with Gasteiger partial charge in [0, 0.05) is 5.22 Å². The summed E-state index contributed by atoms with van der Waals surface area (Å²) in [5.41, 5.74) is 6.91. The van der Waals surface area contributed by atoms with Crippen LogP contribution in [0.2, 0.25) is 0 Å².